The molecule has 1 saturated carbocycles. The van der Waals surface area contributed by atoms with Crippen molar-refractivity contribution in [3.63, 3.8) is 0 Å². The first-order valence-electron chi connectivity index (χ1n) is 8.09. The van der Waals surface area contributed by atoms with Crippen LogP contribution in [0.25, 0.3) is 0 Å². The lowest BCUT2D eigenvalue weighted by atomic mass is 9.81. The lowest BCUT2D eigenvalue weighted by Crippen LogP contribution is -2.44. The van der Waals surface area contributed by atoms with Crippen LogP contribution in [0.15, 0.2) is 12.3 Å². The van der Waals surface area contributed by atoms with E-state index in [1.165, 1.54) is 31.4 Å². The van der Waals surface area contributed by atoms with Crippen LogP contribution in [-0.4, -0.2) is 21.9 Å². The highest BCUT2D eigenvalue weighted by Crippen LogP contribution is 2.40. The zero-order valence-corrected chi connectivity index (χ0v) is 13.9. The van der Waals surface area contributed by atoms with E-state index in [1.807, 2.05) is 0 Å². The van der Waals surface area contributed by atoms with Gasteiger partial charge in [-0.15, -0.1) is 0 Å². The van der Waals surface area contributed by atoms with Crippen molar-refractivity contribution in [3.8, 4) is 0 Å². The maximum absolute atomic E-state index is 4.75. The van der Waals surface area contributed by atoms with Crippen molar-refractivity contribution in [2.45, 2.75) is 78.3 Å². The summed E-state index contributed by atoms with van der Waals surface area (Å²) in [4.78, 5) is 0. The molecule has 1 fully saturated rings. The van der Waals surface area contributed by atoms with Crippen molar-refractivity contribution < 1.29 is 0 Å². The molecule has 0 atom stereocenters. The molecule has 1 aliphatic rings. The SMILES string of the molecule is CC(C)n1ccc(CC2(CNC(C)(C)C)CCCC2)n1. The van der Waals surface area contributed by atoms with Crippen LogP contribution in [0, 0.1) is 5.41 Å². The Morgan fingerprint density at radius 3 is 2.45 bits per heavy atom. The van der Waals surface area contributed by atoms with E-state index in [2.05, 4.69) is 56.9 Å². The van der Waals surface area contributed by atoms with Crippen LogP contribution in [0.1, 0.15) is 72.0 Å². The van der Waals surface area contributed by atoms with Crippen molar-refractivity contribution >= 4 is 0 Å². The molecule has 0 aromatic carbocycles. The number of hydrogen-bond donors (Lipinski definition) is 1. The van der Waals surface area contributed by atoms with E-state index in [4.69, 9.17) is 5.10 Å². The van der Waals surface area contributed by atoms with E-state index in [0.717, 1.165) is 13.0 Å². The largest absolute Gasteiger partial charge is 0.312 e. The Hall–Kier alpha value is -0.830. The molecule has 0 unspecified atom stereocenters. The average molecular weight is 277 g/mol. The number of nitrogens with one attached hydrogen (secondary N) is 1. The van der Waals surface area contributed by atoms with E-state index in [-0.39, 0.29) is 5.54 Å². The van der Waals surface area contributed by atoms with Gasteiger partial charge in [-0.25, -0.2) is 0 Å². The molecule has 0 bridgehead atoms. The summed E-state index contributed by atoms with van der Waals surface area (Å²) in [5, 5.41) is 8.47. The monoisotopic (exact) mass is 277 g/mol. The summed E-state index contributed by atoms with van der Waals surface area (Å²) in [6, 6.07) is 2.66. The lowest BCUT2D eigenvalue weighted by Gasteiger charge is -2.33. The van der Waals surface area contributed by atoms with E-state index < -0.39 is 0 Å². The van der Waals surface area contributed by atoms with Gasteiger partial charge in [0.15, 0.2) is 0 Å². The third kappa shape index (κ3) is 4.08. The summed E-state index contributed by atoms with van der Waals surface area (Å²) in [6.45, 7) is 12.2. The van der Waals surface area contributed by atoms with Crippen LogP contribution < -0.4 is 5.32 Å². The van der Waals surface area contributed by atoms with Crippen LogP contribution in [0.5, 0.6) is 0 Å². The fourth-order valence-electron chi connectivity index (χ4n) is 3.14. The number of aromatic nitrogens is 2. The molecule has 1 aliphatic carbocycles. The molecule has 0 aliphatic heterocycles. The Balaban J connectivity index is 2.04. The number of nitrogens with zero attached hydrogens (tertiary/aromatic N) is 2. The topological polar surface area (TPSA) is 29.9 Å². The fraction of sp³-hybridized carbons (Fsp3) is 0.824. The zero-order valence-electron chi connectivity index (χ0n) is 13.9. The Bertz CT molecular complexity index is 420. The molecular formula is C17H31N3. The molecule has 20 heavy (non-hydrogen) atoms. The van der Waals surface area contributed by atoms with Gasteiger partial charge in [0.05, 0.1) is 5.69 Å². The van der Waals surface area contributed by atoms with E-state index >= 15 is 0 Å². The summed E-state index contributed by atoms with van der Waals surface area (Å²) in [5.74, 6) is 0. The Kier molecular flexibility index (Phi) is 4.58. The van der Waals surface area contributed by atoms with Gasteiger partial charge in [0.2, 0.25) is 0 Å². The standard InChI is InChI=1S/C17H31N3/c1-14(2)20-11-8-15(19-20)12-17(9-6-7-10-17)13-18-16(3,4)5/h8,11,14,18H,6-7,9-10,12-13H2,1-5H3. The molecule has 0 amide bonds. The van der Waals surface area contributed by atoms with Crippen molar-refractivity contribution in [2.24, 2.45) is 5.41 Å². The van der Waals surface area contributed by atoms with Gasteiger partial charge in [-0.05, 0) is 65.4 Å². The Labute approximate surface area is 124 Å². The number of rotatable bonds is 5. The summed E-state index contributed by atoms with van der Waals surface area (Å²) >= 11 is 0. The first-order chi connectivity index (χ1) is 9.30. The van der Waals surface area contributed by atoms with Gasteiger partial charge >= 0.3 is 0 Å². The Morgan fingerprint density at radius 1 is 1.30 bits per heavy atom. The van der Waals surface area contributed by atoms with Crippen LogP contribution in [0.3, 0.4) is 0 Å². The minimum atomic E-state index is 0.201. The third-order valence-electron chi connectivity index (χ3n) is 4.41. The van der Waals surface area contributed by atoms with E-state index in [0.29, 0.717) is 11.5 Å². The summed E-state index contributed by atoms with van der Waals surface area (Å²) < 4.78 is 2.08. The Morgan fingerprint density at radius 2 is 1.95 bits per heavy atom. The van der Waals surface area contributed by atoms with Gasteiger partial charge in [-0.1, -0.05) is 12.8 Å². The van der Waals surface area contributed by atoms with Gasteiger partial charge in [0.1, 0.15) is 0 Å². The first kappa shape index (κ1) is 15.6. The van der Waals surface area contributed by atoms with Crippen LogP contribution in [0.4, 0.5) is 0 Å². The molecule has 2 rings (SSSR count). The molecule has 114 valence electrons. The molecule has 3 nitrogen and oxygen atoms in total. The normalized spacial score (nSPS) is 18.9. The smallest absolute Gasteiger partial charge is 0.0630 e. The molecule has 1 heterocycles. The molecule has 1 aromatic rings. The second-order valence-corrected chi connectivity index (χ2v) is 7.87. The zero-order chi connectivity index (χ0) is 14.8. The van der Waals surface area contributed by atoms with Gasteiger partial charge in [-0.2, -0.15) is 5.10 Å². The molecule has 0 spiro atoms. The summed E-state index contributed by atoms with van der Waals surface area (Å²) in [6.07, 6.45) is 8.66. The van der Waals surface area contributed by atoms with E-state index in [9.17, 15) is 0 Å². The van der Waals surface area contributed by atoms with E-state index in [1.54, 1.807) is 0 Å². The maximum atomic E-state index is 4.75. The quantitative estimate of drug-likeness (QED) is 0.883. The van der Waals surface area contributed by atoms with Crippen molar-refractivity contribution in [1.82, 2.24) is 15.1 Å². The van der Waals surface area contributed by atoms with Crippen LogP contribution in [-0.2, 0) is 6.42 Å². The highest BCUT2D eigenvalue weighted by molar-refractivity contribution is 5.06. The van der Waals surface area contributed by atoms with Gasteiger partial charge in [0.25, 0.3) is 0 Å². The molecule has 1 N–H and O–H groups in total. The van der Waals surface area contributed by atoms with Gasteiger partial charge < -0.3 is 5.32 Å². The van der Waals surface area contributed by atoms with Crippen LogP contribution in [0.2, 0.25) is 0 Å². The maximum Gasteiger partial charge on any atom is 0.0630 e. The summed E-state index contributed by atoms with van der Waals surface area (Å²) in [5.41, 5.74) is 1.88. The first-order valence-corrected chi connectivity index (χ1v) is 8.09. The fourth-order valence-corrected chi connectivity index (χ4v) is 3.14. The van der Waals surface area contributed by atoms with Gasteiger partial charge in [0, 0.05) is 24.3 Å². The average Bonchev–Trinajstić information content (AvgIpc) is 2.96. The molecule has 1 aromatic heterocycles. The molecule has 0 saturated heterocycles. The second-order valence-electron chi connectivity index (χ2n) is 7.87. The third-order valence-corrected chi connectivity index (χ3v) is 4.41. The minimum Gasteiger partial charge on any atom is -0.312 e. The van der Waals surface area contributed by atoms with Crippen molar-refractivity contribution in [3.05, 3.63) is 18.0 Å². The van der Waals surface area contributed by atoms with Crippen LogP contribution >= 0.6 is 0 Å². The number of hydrogen-bond acceptors (Lipinski definition) is 2. The predicted molar refractivity (Wildman–Crippen MR) is 85.0 cm³/mol. The highest BCUT2D eigenvalue weighted by Gasteiger charge is 2.35. The second kappa shape index (κ2) is 5.88. The lowest BCUT2D eigenvalue weighted by molar-refractivity contribution is 0.242. The van der Waals surface area contributed by atoms with Gasteiger partial charge in [-0.3, -0.25) is 4.68 Å². The molecule has 3 heteroatoms. The highest BCUT2D eigenvalue weighted by atomic mass is 15.3. The van der Waals surface area contributed by atoms with Crippen molar-refractivity contribution in [2.75, 3.05) is 6.54 Å². The molecule has 0 radical (unpaired) electrons. The minimum absolute atomic E-state index is 0.201. The molecular weight excluding hydrogens is 246 g/mol. The summed E-state index contributed by atoms with van der Waals surface area (Å²) in [7, 11) is 0. The van der Waals surface area contributed by atoms with Crippen molar-refractivity contribution in [1.29, 1.82) is 0 Å². The predicted octanol–water partition coefficient (Wildman–Crippen LogP) is 3.96.